The van der Waals surface area contributed by atoms with Crippen molar-refractivity contribution in [1.29, 1.82) is 0 Å². The lowest BCUT2D eigenvalue weighted by atomic mass is 10.2. The molecule has 4 nitrogen and oxygen atoms in total. The number of hydrogen-bond donors (Lipinski definition) is 2. The number of nitrogens with two attached hydrogens (primary N) is 1. The average Bonchev–Trinajstić information content (AvgIpc) is 2.87. The first-order valence-electron chi connectivity index (χ1n) is 5.87. The normalized spacial score (nSPS) is 10.4. The lowest BCUT2D eigenvalue weighted by molar-refractivity contribution is 0.0951. The number of nitrogens with zero attached hydrogens (tertiary/aromatic N) is 1. The van der Waals surface area contributed by atoms with Crippen molar-refractivity contribution in [1.82, 2.24) is 10.3 Å². The van der Waals surface area contributed by atoms with Gasteiger partial charge in [0.15, 0.2) is 0 Å². The number of benzene rings is 1. The second-order valence-corrected chi connectivity index (χ2v) is 5.60. The highest BCUT2D eigenvalue weighted by atomic mass is 35.5. The Bertz CT molecular complexity index is 597. The summed E-state index contributed by atoms with van der Waals surface area (Å²) in [5.74, 6) is -0.245. The topological polar surface area (TPSA) is 68.0 Å². The van der Waals surface area contributed by atoms with Crippen molar-refractivity contribution in [2.24, 2.45) is 0 Å². The van der Waals surface area contributed by atoms with Gasteiger partial charge in [0.1, 0.15) is 5.01 Å². The number of carbonyl (C=O) groups excluding carboxylic acids is 1. The Balaban J connectivity index is 2.03. The molecule has 0 atom stereocenters. The van der Waals surface area contributed by atoms with E-state index in [1.54, 1.807) is 29.5 Å². The van der Waals surface area contributed by atoms with Gasteiger partial charge in [0.05, 0.1) is 17.1 Å². The van der Waals surface area contributed by atoms with Gasteiger partial charge in [-0.2, -0.15) is 0 Å². The van der Waals surface area contributed by atoms with E-state index in [0.29, 0.717) is 22.8 Å². The number of nitrogen functional groups attached to an aromatic ring is 1. The Morgan fingerprint density at radius 3 is 3.00 bits per heavy atom. The van der Waals surface area contributed by atoms with E-state index in [1.807, 2.05) is 6.20 Å². The molecule has 0 aliphatic carbocycles. The number of aryl methyl sites for hydroxylation is 1. The van der Waals surface area contributed by atoms with Crippen LogP contribution in [0.15, 0.2) is 24.4 Å². The Morgan fingerprint density at radius 2 is 2.32 bits per heavy atom. The van der Waals surface area contributed by atoms with E-state index in [-0.39, 0.29) is 5.91 Å². The van der Waals surface area contributed by atoms with Crippen molar-refractivity contribution in [2.75, 3.05) is 5.73 Å². The third-order valence-electron chi connectivity index (χ3n) is 2.59. The number of halogens is 1. The molecular weight excluding hydrogens is 282 g/mol. The van der Waals surface area contributed by atoms with Crippen molar-refractivity contribution in [3.63, 3.8) is 0 Å². The summed E-state index contributed by atoms with van der Waals surface area (Å²) in [6.07, 6.45) is 2.78. The molecular formula is C13H14ClN3OS. The van der Waals surface area contributed by atoms with Crippen molar-refractivity contribution < 1.29 is 4.79 Å². The molecule has 3 N–H and O–H groups in total. The Labute approximate surface area is 120 Å². The third-order valence-corrected chi connectivity index (χ3v) is 4.06. The van der Waals surface area contributed by atoms with Crippen LogP contribution in [0.3, 0.4) is 0 Å². The number of rotatable bonds is 4. The monoisotopic (exact) mass is 295 g/mol. The number of carbonyl (C=O) groups is 1. The van der Waals surface area contributed by atoms with E-state index in [0.717, 1.165) is 11.4 Å². The largest absolute Gasteiger partial charge is 0.399 e. The molecule has 6 heteroatoms. The fourth-order valence-electron chi connectivity index (χ4n) is 1.56. The van der Waals surface area contributed by atoms with E-state index in [9.17, 15) is 4.79 Å². The summed E-state index contributed by atoms with van der Waals surface area (Å²) in [4.78, 5) is 17.4. The van der Waals surface area contributed by atoms with Crippen LogP contribution >= 0.6 is 22.9 Å². The molecule has 1 amide bonds. The molecule has 0 saturated carbocycles. The van der Waals surface area contributed by atoms with Crippen LogP contribution in [0.2, 0.25) is 5.02 Å². The first-order valence-corrected chi connectivity index (χ1v) is 7.06. The van der Waals surface area contributed by atoms with Crippen molar-refractivity contribution >= 4 is 34.5 Å². The maximum Gasteiger partial charge on any atom is 0.253 e. The molecule has 0 spiro atoms. The molecule has 2 rings (SSSR count). The second kappa shape index (κ2) is 6.04. The van der Waals surface area contributed by atoms with E-state index in [1.165, 1.54) is 4.88 Å². The minimum atomic E-state index is -0.245. The second-order valence-electron chi connectivity index (χ2n) is 4.00. The van der Waals surface area contributed by atoms with Gasteiger partial charge in [0.25, 0.3) is 5.91 Å². The fraction of sp³-hybridized carbons (Fsp3) is 0.231. The molecule has 0 radical (unpaired) electrons. The third kappa shape index (κ3) is 3.45. The van der Waals surface area contributed by atoms with Gasteiger partial charge in [0, 0.05) is 16.8 Å². The molecule has 0 unspecified atom stereocenters. The summed E-state index contributed by atoms with van der Waals surface area (Å²) in [7, 11) is 0. The Kier molecular flexibility index (Phi) is 4.39. The minimum absolute atomic E-state index is 0.245. The quantitative estimate of drug-likeness (QED) is 0.852. The summed E-state index contributed by atoms with van der Waals surface area (Å²) >= 11 is 7.56. The van der Waals surface area contributed by atoms with Crippen molar-refractivity contribution in [3.05, 3.63) is 44.9 Å². The molecule has 0 aliphatic rings. The first-order chi connectivity index (χ1) is 9.10. The van der Waals surface area contributed by atoms with E-state index < -0.39 is 0 Å². The summed E-state index contributed by atoms with van der Waals surface area (Å²) in [5, 5.41) is 4.06. The summed E-state index contributed by atoms with van der Waals surface area (Å²) < 4.78 is 0. The van der Waals surface area contributed by atoms with Gasteiger partial charge >= 0.3 is 0 Å². The molecule has 2 aromatic rings. The van der Waals surface area contributed by atoms with Gasteiger partial charge in [0.2, 0.25) is 0 Å². The van der Waals surface area contributed by atoms with E-state index in [2.05, 4.69) is 17.2 Å². The predicted octanol–water partition coefficient (Wildman–Crippen LogP) is 2.87. The first kappa shape index (κ1) is 13.8. The average molecular weight is 296 g/mol. The number of nitrogens with one attached hydrogen (secondary N) is 1. The van der Waals surface area contributed by atoms with Gasteiger partial charge < -0.3 is 11.1 Å². The van der Waals surface area contributed by atoms with Crippen LogP contribution in [-0.2, 0) is 13.0 Å². The number of thiazole rings is 1. The molecule has 0 bridgehead atoms. The zero-order valence-corrected chi connectivity index (χ0v) is 12.0. The van der Waals surface area contributed by atoms with Crippen LogP contribution in [0.25, 0.3) is 0 Å². The highest BCUT2D eigenvalue weighted by Crippen LogP contribution is 2.19. The van der Waals surface area contributed by atoms with Crippen LogP contribution in [0, 0.1) is 0 Å². The maximum atomic E-state index is 12.0. The fourth-order valence-corrected chi connectivity index (χ4v) is 2.57. The summed E-state index contributed by atoms with van der Waals surface area (Å²) in [6.45, 7) is 2.47. The van der Waals surface area contributed by atoms with Crippen molar-refractivity contribution in [2.45, 2.75) is 19.9 Å². The summed E-state index contributed by atoms with van der Waals surface area (Å²) in [6, 6.07) is 4.84. The molecule has 1 aromatic heterocycles. The van der Waals surface area contributed by atoms with Crippen molar-refractivity contribution in [3.8, 4) is 0 Å². The SMILES string of the molecule is CCc1cnc(CNC(=O)c2cc(N)ccc2Cl)s1. The number of amides is 1. The van der Waals surface area contributed by atoms with Gasteiger partial charge in [-0.15, -0.1) is 11.3 Å². The lowest BCUT2D eigenvalue weighted by Gasteiger charge is -2.06. The zero-order chi connectivity index (χ0) is 13.8. The predicted molar refractivity (Wildman–Crippen MR) is 78.5 cm³/mol. The minimum Gasteiger partial charge on any atom is -0.399 e. The molecule has 100 valence electrons. The van der Waals surface area contributed by atoms with Gasteiger partial charge in [-0.3, -0.25) is 4.79 Å². The lowest BCUT2D eigenvalue weighted by Crippen LogP contribution is -2.23. The maximum absolute atomic E-state index is 12.0. The van der Waals surface area contributed by atoms with Gasteiger partial charge in [-0.1, -0.05) is 18.5 Å². The van der Waals surface area contributed by atoms with Crippen LogP contribution in [-0.4, -0.2) is 10.9 Å². The van der Waals surface area contributed by atoms with Crippen LogP contribution in [0.4, 0.5) is 5.69 Å². The van der Waals surface area contributed by atoms with Crippen LogP contribution in [0.1, 0.15) is 27.2 Å². The highest BCUT2D eigenvalue weighted by molar-refractivity contribution is 7.11. The standard InChI is InChI=1S/C13H14ClN3OS/c1-2-9-6-16-12(19-9)7-17-13(18)10-5-8(15)3-4-11(10)14/h3-6H,2,7,15H2,1H3,(H,17,18). The smallest absolute Gasteiger partial charge is 0.253 e. The molecule has 19 heavy (non-hydrogen) atoms. The number of aromatic nitrogens is 1. The van der Waals surface area contributed by atoms with Gasteiger partial charge in [-0.25, -0.2) is 4.98 Å². The molecule has 0 fully saturated rings. The van der Waals surface area contributed by atoms with Crippen LogP contribution < -0.4 is 11.1 Å². The molecule has 0 aliphatic heterocycles. The highest BCUT2D eigenvalue weighted by Gasteiger charge is 2.11. The van der Waals surface area contributed by atoms with E-state index >= 15 is 0 Å². The molecule has 1 aromatic carbocycles. The van der Waals surface area contributed by atoms with Gasteiger partial charge in [-0.05, 0) is 24.6 Å². The molecule has 0 saturated heterocycles. The Morgan fingerprint density at radius 1 is 1.53 bits per heavy atom. The summed E-state index contributed by atoms with van der Waals surface area (Å²) in [5.41, 5.74) is 6.54. The number of hydrogen-bond acceptors (Lipinski definition) is 4. The molecule has 1 heterocycles. The van der Waals surface area contributed by atoms with E-state index in [4.69, 9.17) is 17.3 Å². The van der Waals surface area contributed by atoms with Crippen LogP contribution in [0.5, 0.6) is 0 Å². The number of anilines is 1. The Hall–Kier alpha value is -1.59. The zero-order valence-electron chi connectivity index (χ0n) is 10.4.